The second-order valence-electron chi connectivity index (χ2n) is 2.50. The lowest BCUT2D eigenvalue weighted by Crippen LogP contribution is -2.20. The van der Waals surface area contributed by atoms with Crippen molar-refractivity contribution in [2.45, 2.75) is 0 Å². The SMILES string of the molecule is N=C(N)C1C=C(CNC=O)SC1. The Bertz CT molecular complexity index is 227. The summed E-state index contributed by atoms with van der Waals surface area (Å²) in [5.74, 6) is 1.08. The van der Waals surface area contributed by atoms with Gasteiger partial charge in [0.05, 0.1) is 5.84 Å². The Morgan fingerprint density at radius 2 is 2.75 bits per heavy atom. The van der Waals surface area contributed by atoms with E-state index in [4.69, 9.17) is 11.1 Å². The number of amides is 1. The van der Waals surface area contributed by atoms with Crippen molar-refractivity contribution in [3.05, 3.63) is 11.0 Å². The third-order valence-electron chi connectivity index (χ3n) is 1.59. The van der Waals surface area contributed by atoms with Gasteiger partial charge in [0.2, 0.25) is 6.41 Å². The van der Waals surface area contributed by atoms with Gasteiger partial charge in [-0.1, -0.05) is 6.08 Å². The summed E-state index contributed by atoms with van der Waals surface area (Å²) >= 11 is 1.64. The first-order valence-corrected chi connectivity index (χ1v) is 4.57. The highest BCUT2D eigenvalue weighted by atomic mass is 32.2. The van der Waals surface area contributed by atoms with E-state index in [1.54, 1.807) is 11.8 Å². The largest absolute Gasteiger partial charge is 0.387 e. The number of hydrogen-bond acceptors (Lipinski definition) is 3. The fraction of sp³-hybridized carbons (Fsp3) is 0.429. The minimum atomic E-state index is 0.0541. The molecule has 4 N–H and O–H groups in total. The van der Waals surface area contributed by atoms with Crippen LogP contribution in [0, 0.1) is 11.3 Å². The first kappa shape index (κ1) is 9.12. The number of hydrogen-bond donors (Lipinski definition) is 3. The molecule has 4 nitrogen and oxygen atoms in total. The van der Waals surface area contributed by atoms with Crippen molar-refractivity contribution in [1.82, 2.24) is 5.32 Å². The van der Waals surface area contributed by atoms with Crippen LogP contribution in [0.4, 0.5) is 0 Å². The molecule has 0 aromatic rings. The van der Waals surface area contributed by atoms with E-state index < -0.39 is 0 Å². The lowest BCUT2D eigenvalue weighted by Gasteiger charge is -2.00. The van der Waals surface area contributed by atoms with Gasteiger partial charge in [-0.3, -0.25) is 10.2 Å². The normalized spacial score (nSPS) is 21.7. The second kappa shape index (κ2) is 4.15. The highest BCUT2D eigenvalue weighted by molar-refractivity contribution is 8.03. The quantitative estimate of drug-likeness (QED) is 0.325. The average Bonchev–Trinajstić information content (AvgIpc) is 2.48. The zero-order valence-electron chi connectivity index (χ0n) is 6.54. The molecule has 0 radical (unpaired) electrons. The minimum absolute atomic E-state index is 0.0541. The Balaban J connectivity index is 2.42. The van der Waals surface area contributed by atoms with Gasteiger partial charge >= 0.3 is 0 Å². The lowest BCUT2D eigenvalue weighted by molar-refractivity contribution is -0.109. The molecule has 1 rings (SSSR count). The van der Waals surface area contributed by atoms with E-state index in [2.05, 4.69) is 5.32 Å². The van der Waals surface area contributed by atoms with Gasteiger partial charge < -0.3 is 11.1 Å². The van der Waals surface area contributed by atoms with Gasteiger partial charge in [0.25, 0.3) is 0 Å². The Hall–Kier alpha value is -0.970. The molecular weight excluding hydrogens is 174 g/mol. The fourth-order valence-corrected chi connectivity index (χ4v) is 2.06. The molecule has 0 bridgehead atoms. The van der Waals surface area contributed by atoms with Crippen LogP contribution in [0.3, 0.4) is 0 Å². The Morgan fingerprint density at radius 1 is 2.00 bits per heavy atom. The van der Waals surface area contributed by atoms with Crippen molar-refractivity contribution in [2.75, 3.05) is 12.3 Å². The van der Waals surface area contributed by atoms with Gasteiger partial charge in [-0.05, 0) is 0 Å². The zero-order chi connectivity index (χ0) is 8.97. The molecule has 0 saturated carbocycles. The molecule has 0 saturated heterocycles. The van der Waals surface area contributed by atoms with E-state index in [0.717, 1.165) is 10.7 Å². The van der Waals surface area contributed by atoms with Crippen molar-refractivity contribution in [3.63, 3.8) is 0 Å². The Kier molecular flexibility index (Phi) is 3.16. The van der Waals surface area contributed by atoms with E-state index in [0.29, 0.717) is 13.0 Å². The van der Waals surface area contributed by atoms with Crippen molar-refractivity contribution in [3.8, 4) is 0 Å². The van der Waals surface area contributed by atoms with E-state index in [9.17, 15) is 4.79 Å². The van der Waals surface area contributed by atoms with Gasteiger partial charge in [0, 0.05) is 23.1 Å². The number of carbonyl (C=O) groups excluding carboxylic acids is 1. The topological polar surface area (TPSA) is 79.0 Å². The summed E-state index contributed by atoms with van der Waals surface area (Å²) in [6, 6.07) is 0. The van der Waals surface area contributed by atoms with E-state index in [1.807, 2.05) is 6.08 Å². The molecule has 1 aliphatic rings. The van der Waals surface area contributed by atoms with Crippen LogP contribution in [0.15, 0.2) is 11.0 Å². The van der Waals surface area contributed by atoms with Crippen LogP contribution in [-0.4, -0.2) is 24.5 Å². The molecule has 1 heterocycles. The van der Waals surface area contributed by atoms with Gasteiger partial charge in [-0.25, -0.2) is 0 Å². The van der Waals surface area contributed by atoms with Crippen LogP contribution in [0.25, 0.3) is 0 Å². The van der Waals surface area contributed by atoms with Crippen LogP contribution >= 0.6 is 11.8 Å². The standard InChI is InChI=1S/C7H11N3OS/c8-7(9)5-1-6(12-3-5)2-10-4-11/h1,4-5H,2-3H2,(H3,8,9)(H,10,11). The van der Waals surface area contributed by atoms with Crippen LogP contribution in [0.1, 0.15) is 0 Å². The highest BCUT2D eigenvalue weighted by Gasteiger charge is 2.17. The maximum atomic E-state index is 9.96. The third kappa shape index (κ3) is 2.27. The summed E-state index contributed by atoms with van der Waals surface area (Å²) in [6.07, 6.45) is 2.60. The van der Waals surface area contributed by atoms with E-state index in [1.165, 1.54) is 0 Å². The lowest BCUT2D eigenvalue weighted by atomic mass is 10.1. The van der Waals surface area contributed by atoms with Crippen molar-refractivity contribution in [2.24, 2.45) is 11.7 Å². The summed E-state index contributed by atoms with van der Waals surface area (Å²) in [5.41, 5.74) is 5.32. The smallest absolute Gasteiger partial charge is 0.207 e. The molecular formula is C7H11N3OS. The van der Waals surface area contributed by atoms with Gasteiger partial charge in [0.15, 0.2) is 0 Å². The molecule has 0 spiro atoms. The number of carbonyl (C=O) groups is 1. The van der Waals surface area contributed by atoms with E-state index in [-0.39, 0.29) is 11.8 Å². The number of nitrogens with one attached hydrogen (secondary N) is 2. The molecule has 0 aromatic carbocycles. The van der Waals surface area contributed by atoms with Crippen LogP contribution in [0.2, 0.25) is 0 Å². The maximum Gasteiger partial charge on any atom is 0.207 e. The minimum Gasteiger partial charge on any atom is -0.387 e. The number of nitrogens with two attached hydrogens (primary N) is 1. The van der Waals surface area contributed by atoms with Crippen molar-refractivity contribution in [1.29, 1.82) is 5.41 Å². The predicted molar refractivity (Wildman–Crippen MR) is 50.0 cm³/mol. The average molecular weight is 185 g/mol. The summed E-state index contributed by atoms with van der Waals surface area (Å²) in [6.45, 7) is 0.554. The summed E-state index contributed by atoms with van der Waals surface area (Å²) in [4.78, 5) is 11.0. The second-order valence-corrected chi connectivity index (χ2v) is 3.65. The highest BCUT2D eigenvalue weighted by Crippen LogP contribution is 2.28. The molecule has 5 heteroatoms. The third-order valence-corrected chi connectivity index (χ3v) is 2.77. The van der Waals surface area contributed by atoms with Crippen LogP contribution in [-0.2, 0) is 4.79 Å². The van der Waals surface area contributed by atoms with E-state index >= 15 is 0 Å². The monoisotopic (exact) mass is 185 g/mol. The molecule has 1 amide bonds. The first-order valence-electron chi connectivity index (χ1n) is 3.58. The number of rotatable bonds is 4. The molecule has 1 aliphatic heterocycles. The number of amidine groups is 1. The van der Waals surface area contributed by atoms with Crippen LogP contribution < -0.4 is 11.1 Å². The number of thioether (sulfide) groups is 1. The maximum absolute atomic E-state index is 9.96. The van der Waals surface area contributed by atoms with Gasteiger partial charge in [-0.15, -0.1) is 11.8 Å². The van der Waals surface area contributed by atoms with Crippen LogP contribution in [0.5, 0.6) is 0 Å². The molecule has 12 heavy (non-hydrogen) atoms. The molecule has 1 unspecified atom stereocenters. The van der Waals surface area contributed by atoms with Gasteiger partial charge in [0.1, 0.15) is 0 Å². The molecule has 0 fully saturated rings. The Morgan fingerprint density at radius 3 is 3.25 bits per heavy atom. The summed E-state index contributed by atoms with van der Waals surface area (Å²) < 4.78 is 0. The van der Waals surface area contributed by atoms with Crippen molar-refractivity contribution < 1.29 is 4.79 Å². The fourth-order valence-electron chi connectivity index (χ4n) is 0.949. The summed E-state index contributed by atoms with van der Waals surface area (Å²) in [7, 11) is 0. The van der Waals surface area contributed by atoms with Crippen molar-refractivity contribution >= 4 is 24.0 Å². The zero-order valence-corrected chi connectivity index (χ0v) is 7.36. The predicted octanol–water partition coefficient (Wildman–Crippen LogP) is -0.0847. The molecule has 1 atom stereocenters. The first-order chi connectivity index (χ1) is 5.74. The summed E-state index contributed by atoms with van der Waals surface area (Å²) in [5, 5.41) is 9.76. The Labute approximate surface area is 75.1 Å². The van der Waals surface area contributed by atoms with Gasteiger partial charge in [-0.2, -0.15) is 0 Å². The molecule has 0 aliphatic carbocycles. The molecule has 66 valence electrons. The molecule has 0 aromatic heterocycles.